The van der Waals surface area contributed by atoms with E-state index in [0.717, 1.165) is 18.4 Å². The van der Waals surface area contributed by atoms with Crippen molar-refractivity contribution in [3.05, 3.63) is 35.8 Å². The van der Waals surface area contributed by atoms with Crippen LogP contribution in [0.2, 0.25) is 0 Å². The largest absolute Gasteiger partial charge is 0.230 e. The monoisotopic (exact) mass is 241 g/mol. The minimum Gasteiger partial charge on any atom is -0.230 e. The van der Waals surface area contributed by atoms with Gasteiger partial charge in [-0.2, -0.15) is 0 Å². The van der Waals surface area contributed by atoms with Gasteiger partial charge in [-0.3, -0.25) is 0 Å². The van der Waals surface area contributed by atoms with Gasteiger partial charge in [0, 0.05) is 5.39 Å². The summed E-state index contributed by atoms with van der Waals surface area (Å²) in [6.45, 7) is 4.44. The van der Waals surface area contributed by atoms with Crippen LogP contribution in [0.15, 0.2) is 18.2 Å². The fourth-order valence-electron chi connectivity index (χ4n) is 2.31. The first-order valence-electron chi connectivity index (χ1n) is 7.01. The Bertz CT molecular complexity index is 463. The molecule has 2 heteroatoms. The van der Waals surface area contributed by atoms with Crippen LogP contribution < -0.4 is 0 Å². The minimum absolute atomic E-state index is 1.04. The van der Waals surface area contributed by atoms with Crippen molar-refractivity contribution in [1.29, 1.82) is 0 Å². The molecule has 2 nitrogen and oxygen atoms in total. The second kappa shape index (κ2) is 6.48. The maximum absolute atomic E-state index is 4.38. The summed E-state index contributed by atoms with van der Waals surface area (Å²) in [5, 5.41) is 1.28. The minimum atomic E-state index is 1.04. The number of rotatable bonds is 6. The molecule has 0 aliphatic carbocycles. The smallest absolute Gasteiger partial charge is 0.198 e. The van der Waals surface area contributed by atoms with Crippen LogP contribution in [0.4, 0.5) is 0 Å². The zero-order chi connectivity index (χ0) is 12.8. The van der Waals surface area contributed by atoms with Crippen LogP contribution in [0.3, 0.4) is 0 Å². The molecule has 1 heterocycles. The second-order valence-corrected chi connectivity index (χ2v) is 4.79. The Hall–Kier alpha value is -1.44. The van der Waals surface area contributed by atoms with E-state index < -0.39 is 0 Å². The molecule has 0 atom stereocenters. The van der Waals surface area contributed by atoms with E-state index >= 15 is 0 Å². The Morgan fingerprint density at radius 3 is 2.56 bits per heavy atom. The van der Waals surface area contributed by atoms with Crippen molar-refractivity contribution in [2.75, 3.05) is 0 Å². The van der Waals surface area contributed by atoms with Gasteiger partial charge in [0.1, 0.15) is 0 Å². The zero-order valence-corrected chi connectivity index (χ0v) is 11.4. The molecule has 2 rings (SSSR count). The van der Waals surface area contributed by atoms with Crippen LogP contribution in [-0.4, -0.2) is 9.97 Å². The molecule has 1 radical (unpaired) electrons. The first kappa shape index (κ1) is 13.0. The lowest BCUT2D eigenvalue weighted by Crippen LogP contribution is -1.98. The predicted octanol–water partition coefficient (Wildman–Crippen LogP) is 4.12. The van der Waals surface area contributed by atoms with Gasteiger partial charge in [-0.25, -0.2) is 9.97 Å². The van der Waals surface area contributed by atoms with Crippen LogP contribution >= 0.6 is 0 Å². The maximum atomic E-state index is 4.38. The number of nitrogens with zero attached hydrogens (tertiary/aromatic N) is 2. The Kier molecular flexibility index (Phi) is 4.68. The van der Waals surface area contributed by atoms with Crippen molar-refractivity contribution in [1.82, 2.24) is 9.97 Å². The summed E-state index contributed by atoms with van der Waals surface area (Å²) in [4.78, 5) is 8.66. The molecule has 0 bridgehead atoms. The van der Waals surface area contributed by atoms with Gasteiger partial charge in [0.2, 0.25) is 0 Å². The number of unbranched alkanes of at least 4 members (excludes halogenated alkanes) is 2. The van der Waals surface area contributed by atoms with Crippen molar-refractivity contribution >= 4 is 10.9 Å². The molecular weight excluding hydrogens is 220 g/mol. The highest BCUT2D eigenvalue weighted by Crippen LogP contribution is 2.22. The van der Waals surface area contributed by atoms with Gasteiger partial charge in [0.05, 0.1) is 11.2 Å². The summed E-state index contributed by atoms with van der Waals surface area (Å²) in [6, 6.07) is 6.38. The average molecular weight is 241 g/mol. The third-order valence-corrected chi connectivity index (χ3v) is 3.34. The zero-order valence-electron chi connectivity index (χ0n) is 11.4. The molecule has 2 aromatic rings. The molecule has 1 aromatic carbocycles. The quantitative estimate of drug-likeness (QED) is 0.760. The van der Waals surface area contributed by atoms with Crippen molar-refractivity contribution in [2.24, 2.45) is 0 Å². The molecule has 1 aromatic heterocycles. The molecular formula is C16H21N2. The van der Waals surface area contributed by atoms with Gasteiger partial charge in [-0.05, 0) is 37.3 Å². The van der Waals surface area contributed by atoms with Crippen LogP contribution in [-0.2, 0) is 12.8 Å². The topological polar surface area (TPSA) is 25.8 Å². The summed E-state index contributed by atoms with van der Waals surface area (Å²) < 4.78 is 0. The van der Waals surface area contributed by atoms with Crippen molar-refractivity contribution in [3.8, 4) is 0 Å². The summed E-state index contributed by atoms with van der Waals surface area (Å²) in [5.41, 5.74) is 3.62. The molecule has 18 heavy (non-hydrogen) atoms. The molecule has 0 fully saturated rings. The van der Waals surface area contributed by atoms with Gasteiger partial charge in [-0.1, -0.05) is 38.8 Å². The van der Waals surface area contributed by atoms with Crippen molar-refractivity contribution < 1.29 is 0 Å². The first-order chi connectivity index (χ1) is 8.86. The highest BCUT2D eigenvalue weighted by Gasteiger charge is 2.08. The molecule has 0 amide bonds. The van der Waals surface area contributed by atoms with E-state index in [0.29, 0.717) is 0 Å². The van der Waals surface area contributed by atoms with Gasteiger partial charge in [0.25, 0.3) is 0 Å². The maximum Gasteiger partial charge on any atom is 0.198 e. The number of aromatic nitrogens is 2. The summed E-state index contributed by atoms with van der Waals surface area (Å²) in [5.74, 6) is 0. The van der Waals surface area contributed by atoms with E-state index in [2.05, 4.69) is 48.3 Å². The highest BCUT2D eigenvalue weighted by molar-refractivity contribution is 5.84. The van der Waals surface area contributed by atoms with Gasteiger partial charge >= 0.3 is 0 Å². The van der Waals surface area contributed by atoms with Gasteiger partial charge < -0.3 is 0 Å². The molecule has 0 saturated heterocycles. The standard InChI is InChI=1S/C16H21N2/c1-3-5-8-13-9-7-11-15-16(13)14(10-6-4-2)17-12-18-15/h7,9,11H,3-6,8,10H2,1-2H3. The van der Waals surface area contributed by atoms with E-state index in [1.165, 1.54) is 42.3 Å². The van der Waals surface area contributed by atoms with Crippen LogP contribution in [0.1, 0.15) is 50.8 Å². The number of benzene rings is 1. The molecule has 0 saturated carbocycles. The van der Waals surface area contributed by atoms with Crippen molar-refractivity contribution in [2.45, 2.75) is 52.4 Å². The van der Waals surface area contributed by atoms with E-state index in [1.54, 1.807) is 0 Å². The third-order valence-electron chi connectivity index (χ3n) is 3.34. The van der Waals surface area contributed by atoms with Crippen LogP contribution in [0.5, 0.6) is 0 Å². The van der Waals surface area contributed by atoms with E-state index in [9.17, 15) is 0 Å². The summed E-state index contributed by atoms with van der Waals surface area (Å²) >= 11 is 0. The molecule has 0 aliphatic heterocycles. The number of hydrogen-bond acceptors (Lipinski definition) is 2. The lowest BCUT2D eigenvalue weighted by Gasteiger charge is -2.09. The molecule has 0 spiro atoms. The van der Waals surface area contributed by atoms with Crippen LogP contribution in [0.25, 0.3) is 10.9 Å². The Labute approximate surface area is 109 Å². The van der Waals surface area contributed by atoms with E-state index in [1.807, 2.05) is 0 Å². The molecule has 0 aliphatic rings. The Balaban J connectivity index is 2.42. The number of aryl methyl sites for hydroxylation is 2. The van der Waals surface area contributed by atoms with E-state index in [4.69, 9.17) is 0 Å². The fraction of sp³-hybridized carbons (Fsp3) is 0.500. The summed E-state index contributed by atoms with van der Waals surface area (Å²) in [6.07, 6.45) is 9.79. The number of fused-ring (bicyclic) bond motifs is 1. The fourth-order valence-corrected chi connectivity index (χ4v) is 2.31. The summed E-state index contributed by atoms with van der Waals surface area (Å²) in [7, 11) is 0. The highest BCUT2D eigenvalue weighted by atomic mass is 14.8. The number of hydrogen-bond donors (Lipinski definition) is 0. The lowest BCUT2D eigenvalue weighted by atomic mass is 9.99. The second-order valence-electron chi connectivity index (χ2n) is 4.79. The first-order valence-corrected chi connectivity index (χ1v) is 7.01. The Morgan fingerprint density at radius 1 is 1.00 bits per heavy atom. The van der Waals surface area contributed by atoms with Gasteiger partial charge in [-0.15, -0.1) is 0 Å². The normalized spacial score (nSPS) is 11.0. The Morgan fingerprint density at radius 2 is 1.78 bits per heavy atom. The average Bonchev–Trinajstić information content (AvgIpc) is 2.42. The molecule has 0 N–H and O–H groups in total. The third kappa shape index (κ3) is 2.87. The van der Waals surface area contributed by atoms with Crippen molar-refractivity contribution in [3.63, 3.8) is 0 Å². The van der Waals surface area contributed by atoms with E-state index in [-0.39, 0.29) is 0 Å². The predicted molar refractivity (Wildman–Crippen MR) is 75.6 cm³/mol. The van der Waals surface area contributed by atoms with Gasteiger partial charge in [0.15, 0.2) is 6.33 Å². The lowest BCUT2D eigenvalue weighted by molar-refractivity contribution is 0.773. The van der Waals surface area contributed by atoms with Crippen LogP contribution in [0, 0.1) is 6.33 Å². The molecule has 0 unspecified atom stereocenters. The molecule has 95 valence electrons. The SMILES string of the molecule is CCCCc1cccc2n[c]nc(CCCC)c12.